The Bertz CT molecular complexity index is 1360. The first-order valence-electron chi connectivity index (χ1n) is 9.47. The SMILES string of the molecule is Cc1ccccc1-c1n(C)nc[n+]1-c1c(C)cc2c(oc3ccccc32)c1C. The molecule has 0 unspecified atom stereocenters. The molecule has 0 saturated carbocycles. The van der Waals surface area contributed by atoms with Crippen molar-refractivity contribution in [3.05, 3.63) is 77.6 Å². The van der Waals surface area contributed by atoms with Crippen molar-refractivity contribution in [2.24, 2.45) is 7.05 Å². The summed E-state index contributed by atoms with van der Waals surface area (Å²) in [4.78, 5) is 0. The zero-order valence-electron chi connectivity index (χ0n) is 16.5. The van der Waals surface area contributed by atoms with E-state index in [2.05, 4.69) is 72.9 Å². The van der Waals surface area contributed by atoms with Crippen LogP contribution in [0.3, 0.4) is 0 Å². The smallest absolute Gasteiger partial charge is 0.272 e. The Labute approximate surface area is 163 Å². The van der Waals surface area contributed by atoms with E-state index in [1.54, 1.807) is 0 Å². The first-order valence-corrected chi connectivity index (χ1v) is 9.47. The maximum atomic E-state index is 6.24. The number of nitrogens with zero attached hydrogens (tertiary/aromatic N) is 3. The summed E-state index contributed by atoms with van der Waals surface area (Å²) in [6.45, 7) is 6.43. The van der Waals surface area contributed by atoms with E-state index in [-0.39, 0.29) is 0 Å². The molecule has 0 N–H and O–H groups in total. The number of rotatable bonds is 2. The average Bonchev–Trinajstić information content (AvgIpc) is 3.24. The first kappa shape index (κ1) is 16.8. The standard InChI is InChI=1S/C24H22N3O/c1-15-9-5-6-10-18(15)24-26(4)25-14-27(24)22-16(2)13-20-19-11-7-8-12-21(19)28-23(20)17(22)3/h5-14H,1-4H3/q+1. The summed E-state index contributed by atoms with van der Waals surface area (Å²) in [5.41, 5.74) is 7.70. The molecule has 0 fully saturated rings. The molecule has 0 amide bonds. The Morgan fingerprint density at radius 3 is 2.46 bits per heavy atom. The Hall–Kier alpha value is -3.40. The number of para-hydroxylation sites is 1. The van der Waals surface area contributed by atoms with Crippen molar-refractivity contribution >= 4 is 21.9 Å². The largest absolute Gasteiger partial charge is 0.456 e. The second kappa shape index (κ2) is 6.06. The van der Waals surface area contributed by atoms with Gasteiger partial charge >= 0.3 is 0 Å². The van der Waals surface area contributed by atoms with E-state index in [1.807, 2.05) is 30.2 Å². The summed E-state index contributed by atoms with van der Waals surface area (Å²) in [7, 11) is 1.99. The van der Waals surface area contributed by atoms with Gasteiger partial charge in [0.25, 0.3) is 12.2 Å². The first-order chi connectivity index (χ1) is 13.6. The van der Waals surface area contributed by atoms with Crippen molar-refractivity contribution < 1.29 is 8.98 Å². The molecular weight excluding hydrogens is 346 g/mol. The summed E-state index contributed by atoms with van der Waals surface area (Å²) in [6, 6.07) is 18.9. The van der Waals surface area contributed by atoms with Gasteiger partial charge in [-0.25, -0.2) is 0 Å². The van der Waals surface area contributed by atoms with Gasteiger partial charge in [0.1, 0.15) is 16.9 Å². The van der Waals surface area contributed by atoms with Crippen LogP contribution in [0.2, 0.25) is 0 Å². The van der Waals surface area contributed by atoms with Gasteiger partial charge in [-0.15, -0.1) is 4.68 Å². The third-order valence-electron chi connectivity index (χ3n) is 5.57. The minimum absolute atomic E-state index is 0.924. The summed E-state index contributed by atoms with van der Waals surface area (Å²) >= 11 is 0. The molecule has 0 atom stereocenters. The molecule has 0 aliphatic carbocycles. The lowest BCUT2D eigenvalue weighted by atomic mass is 10.0. The molecular formula is C24H22N3O+. The summed E-state index contributed by atoms with van der Waals surface area (Å²) in [5.74, 6) is 1.06. The highest BCUT2D eigenvalue weighted by Gasteiger charge is 2.25. The van der Waals surface area contributed by atoms with Gasteiger partial charge < -0.3 is 4.42 Å². The Balaban J connectivity index is 1.84. The molecule has 2 heterocycles. The molecule has 0 radical (unpaired) electrons. The van der Waals surface area contributed by atoms with Crippen LogP contribution in [-0.2, 0) is 7.05 Å². The number of fused-ring (bicyclic) bond motifs is 3. The van der Waals surface area contributed by atoms with Gasteiger partial charge in [0.15, 0.2) is 0 Å². The van der Waals surface area contributed by atoms with Gasteiger partial charge in [0, 0.05) is 21.4 Å². The molecule has 2 aromatic heterocycles. The van der Waals surface area contributed by atoms with Crippen molar-refractivity contribution in [3.8, 4) is 17.1 Å². The molecule has 0 spiro atoms. The van der Waals surface area contributed by atoms with Crippen LogP contribution < -0.4 is 4.57 Å². The number of aryl methyl sites for hydroxylation is 4. The van der Waals surface area contributed by atoms with E-state index in [0.29, 0.717) is 0 Å². The normalized spacial score (nSPS) is 11.6. The molecule has 138 valence electrons. The maximum absolute atomic E-state index is 6.24. The van der Waals surface area contributed by atoms with E-state index < -0.39 is 0 Å². The lowest BCUT2D eigenvalue weighted by Crippen LogP contribution is -2.34. The van der Waals surface area contributed by atoms with E-state index >= 15 is 0 Å². The summed E-state index contributed by atoms with van der Waals surface area (Å²) in [6.07, 6.45) is 1.89. The Kier molecular flexibility index (Phi) is 3.63. The van der Waals surface area contributed by atoms with Crippen molar-refractivity contribution in [1.82, 2.24) is 9.78 Å². The zero-order chi connectivity index (χ0) is 19.4. The van der Waals surface area contributed by atoms with Crippen LogP contribution in [0.5, 0.6) is 0 Å². The monoisotopic (exact) mass is 368 g/mol. The molecule has 3 aromatic carbocycles. The molecule has 4 nitrogen and oxygen atoms in total. The fourth-order valence-corrected chi connectivity index (χ4v) is 4.23. The van der Waals surface area contributed by atoms with Crippen molar-refractivity contribution in [2.75, 3.05) is 0 Å². The molecule has 0 bridgehead atoms. The summed E-state index contributed by atoms with van der Waals surface area (Å²) < 4.78 is 10.4. The second-order valence-electron chi connectivity index (χ2n) is 7.41. The topological polar surface area (TPSA) is 34.8 Å². The molecule has 28 heavy (non-hydrogen) atoms. The van der Waals surface area contributed by atoms with Gasteiger partial charge in [-0.05, 0) is 50.1 Å². The molecule has 5 rings (SSSR count). The van der Waals surface area contributed by atoms with Gasteiger partial charge in [0.05, 0.1) is 12.6 Å². The number of aromatic nitrogens is 3. The fourth-order valence-electron chi connectivity index (χ4n) is 4.23. The van der Waals surface area contributed by atoms with E-state index in [9.17, 15) is 0 Å². The van der Waals surface area contributed by atoms with Gasteiger partial charge in [-0.3, -0.25) is 0 Å². The van der Waals surface area contributed by atoms with E-state index in [4.69, 9.17) is 4.42 Å². The van der Waals surface area contributed by atoms with Crippen molar-refractivity contribution in [2.45, 2.75) is 20.8 Å². The Morgan fingerprint density at radius 2 is 1.64 bits per heavy atom. The van der Waals surface area contributed by atoms with E-state index in [1.165, 1.54) is 16.7 Å². The lowest BCUT2D eigenvalue weighted by Gasteiger charge is -2.11. The highest BCUT2D eigenvalue weighted by molar-refractivity contribution is 6.06. The number of benzene rings is 3. The number of furan rings is 1. The average molecular weight is 368 g/mol. The Morgan fingerprint density at radius 1 is 0.893 bits per heavy atom. The van der Waals surface area contributed by atoms with Gasteiger partial charge in [-0.1, -0.05) is 36.4 Å². The lowest BCUT2D eigenvalue weighted by molar-refractivity contribution is -0.585. The molecule has 0 saturated heterocycles. The van der Waals surface area contributed by atoms with Crippen molar-refractivity contribution in [1.29, 1.82) is 0 Å². The highest BCUT2D eigenvalue weighted by Crippen LogP contribution is 2.34. The van der Waals surface area contributed by atoms with Crippen LogP contribution in [0.15, 0.2) is 65.3 Å². The van der Waals surface area contributed by atoms with E-state index in [0.717, 1.165) is 39.0 Å². The van der Waals surface area contributed by atoms with Gasteiger partial charge in [-0.2, -0.15) is 4.57 Å². The van der Waals surface area contributed by atoms with Crippen LogP contribution in [0.1, 0.15) is 16.7 Å². The fraction of sp³-hybridized carbons (Fsp3) is 0.167. The predicted octanol–water partition coefficient (Wildman–Crippen LogP) is 5.19. The molecule has 0 aliphatic heterocycles. The molecule has 4 heteroatoms. The second-order valence-corrected chi connectivity index (χ2v) is 7.41. The van der Waals surface area contributed by atoms with Crippen LogP contribution in [0.25, 0.3) is 39.0 Å². The maximum Gasteiger partial charge on any atom is 0.272 e. The van der Waals surface area contributed by atoms with Crippen LogP contribution >= 0.6 is 0 Å². The number of hydrogen-bond donors (Lipinski definition) is 0. The number of hydrogen-bond acceptors (Lipinski definition) is 2. The van der Waals surface area contributed by atoms with Gasteiger partial charge in [0.2, 0.25) is 0 Å². The van der Waals surface area contributed by atoms with Crippen molar-refractivity contribution in [3.63, 3.8) is 0 Å². The minimum Gasteiger partial charge on any atom is -0.456 e. The zero-order valence-corrected chi connectivity index (χ0v) is 16.5. The third-order valence-corrected chi connectivity index (χ3v) is 5.57. The van der Waals surface area contributed by atoms with Crippen LogP contribution in [0, 0.1) is 20.8 Å². The summed E-state index contributed by atoms with van der Waals surface area (Å²) in [5, 5.41) is 6.89. The third kappa shape index (κ3) is 2.31. The molecule has 5 aromatic rings. The predicted molar refractivity (Wildman–Crippen MR) is 112 cm³/mol. The van der Waals surface area contributed by atoms with Crippen LogP contribution in [-0.4, -0.2) is 9.78 Å². The molecule has 0 aliphatic rings. The van der Waals surface area contributed by atoms with Crippen LogP contribution in [0.4, 0.5) is 0 Å². The quantitative estimate of drug-likeness (QED) is 0.402. The highest BCUT2D eigenvalue weighted by atomic mass is 16.3. The minimum atomic E-state index is 0.924.